The summed E-state index contributed by atoms with van der Waals surface area (Å²) < 4.78 is 0. The summed E-state index contributed by atoms with van der Waals surface area (Å²) in [6.07, 6.45) is -0.481. The third-order valence-corrected chi connectivity index (χ3v) is 1.75. The zero-order valence-electron chi connectivity index (χ0n) is 9.57. The lowest BCUT2D eigenvalue weighted by Gasteiger charge is -1.92. The summed E-state index contributed by atoms with van der Waals surface area (Å²) in [6.45, 7) is 0. The highest BCUT2D eigenvalue weighted by molar-refractivity contribution is 5.75. The maximum Gasteiger partial charge on any atom is 0.307 e. The fraction of sp³-hybridized carbons (Fsp3) is 0.250. The molecule has 0 aliphatic carbocycles. The van der Waals surface area contributed by atoms with Crippen molar-refractivity contribution < 1.29 is 29.7 Å². The van der Waals surface area contributed by atoms with Gasteiger partial charge in [0.2, 0.25) is 0 Å². The molecule has 0 heterocycles. The maximum absolute atomic E-state index is 10.2. The van der Waals surface area contributed by atoms with Crippen LogP contribution < -0.4 is 0 Å². The van der Waals surface area contributed by atoms with Crippen LogP contribution in [0, 0.1) is 0 Å². The third-order valence-electron chi connectivity index (χ3n) is 1.75. The molecule has 18 heavy (non-hydrogen) atoms. The van der Waals surface area contributed by atoms with Crippen LogP contribution in [0.4, 0.5) is 0 Å². The van der Waals surface area contributed by atoms with Gasteiger partial charge in [-0.05, 0) is 5.56 Å². The van der Waals surface area contributed by atoms with Crippen molar-refractivity contribution in [3.8, 4) is 0 Å². The van der Waals surface area contributed by atoms with E-state index in [1.54, 1.807) is 12.1 Å². The number of rotatable bonds is 5. The van der Waals surface area contributed by atoms with Crippen LogP contribution in [0.2, 0.25) is 0 Å². The van der Waals surface area contributed by atoms with E-state index in [0.29, 0.717) is 0 Å². The second-order valence-corrected chi connectivity index (χ2v) is 3.34. The number of carboxylic acids is 3. The summed E-state index contributed by atoms with van der Waals surface area (Å²) in [5, 5.41) is 24.2. The van der Waals surface area contributed by atoms with Gasteiger partial charge in [-0.1, -0.05) is 30.3 Å². The lowest BCUT2D eigenvalue weighted by atomic mass is 10.2. The first-order valence-electron chi connectivity index (χ1n) is 5.11. The summed E-state index contributed by atoms with van der Waals surface area (Å²) in [5.74, 6) is -2.94. The lowest BCUT2D eigenvalue weighted by Crippen LogP contribution is -2.00. The molecular formula is C12H14O6. The highest BCUT2D eigenvalue weighted by atomic mass is 16.4. The summed E-state index contributed by atoms with van der Waals surface area (Å²) in [5.41, 5.74) is 0.843. The molecule has 6 nitrogen and oxygen atoms in total. The minimum absolute atomic E-state index is 0.112. The average Bonchev–Trinajstić information content (AvgIpc) is 2.28. The van der Waals surface area contributed by atoms with E-state index in [4.69, 9.17) is 15.3 Å². The van der Waals surface area contributed by atoms with Crippen molar-refractivity contribution in [2.24, 2.45) is 0 Å². The molecule has 0 bridgehead atoms. The summed E-state index contributed by atoms with van der Waals surface area (Å²) in [7, 11) is 0. The lowest BCUT2D eigenvalue weighted by molar-refractivity contribution is -0.143. The van der Waals surface area contributed by atoms with E-state index in [1.807, 2.05) is 18.2 Å². The van der Waals surface area contributed by atoms with Gasteiger partial charge in [0.15, 0.2) is 0 Å². The topological polar surface area (TPSA) is 112 Å². The smallest absolute Gasteiger partial charge is 0.307 e. The van der Waals surface area contributed by atoms with Crippen LogP contribution in [0.5, 0.6) is 0 Å². The van der Waals surface area contributed by atoms with Crippen molar-refractivity contribution >= 4 is 17.9 Å². The summed E-state index contributed by atoms with van der Waals surface area (Å²) in [4.78, 5) is 29.4. The molecule has 0 unspecified atom stereocenters. The minimum Gasteiger partial charge on any atom is -0.481 e. The monoisotopic (exact) mass is 254 g/mol. The molecule has 1 aromatic carbocycles. The molecule has 0 saturated carbocycles. The molecule has 1 aromatic rings. The Morgan fingerprint density at radius 2 is 1.22 bits per heavy atom. The van der Waals surface area contributed by atoms with Crippen LogP contribution in [0.25, 0.3) is 0 Å². The molecule has 0 atom stereocenters. The van der Waals surface area contributed by atoms with Crippen LogP contribution in [-0.4, -0.2) is 33.2 Å². The Morgan fingerprint density at radius 3 is 1.56 bits per heavy atom. The molecule has 0 aromatic heterocycles. The average molecular weight is 254 g/mol. The number of carbonyl (C=O) groups is 3. The Kier molecular flexibility index (Phi) is 7.59. The molecule has 6 heteroatoms. The van der Waals surface area contributed by atoms with Crippen LogP contribution in [0.1, 0.15) is 18.4 Å². The van der Waals surface area contributed by atoms with Crippen molar-refractivity contribution in [1.29, 1.82) is 0 Å². The molecule has 0 aliphatic heterocycles. The predicted octanol–water partition coefficient (Wildman–Crippen LogP) is 1.25. The van der Waals surface area contributed by atoms with Gasteiger partial charge in [-0.3, -0.25) is 14.4 Å². The third kappa shape index (κ3) is 10.2. The van der Waals surface area contributed by atoms with E-state index in [2.05, 4.69) is 0 Å². The highest BCUT2D eigenvalue weighted by Gasteiger charge is 2.00. The molecule has 98 valence electrons. The van der Waals surface area contributed by atoms with E-state index in [1.165, 1.54) is 0 Å². The molecule has 0 spiro atoms. The number of benzene rings is 1. The molecular weight excluding hydrogens is 240 g/mol. The van der Waals surface area contributed by atoms with Crippen molar-refractivity contribution in [2.45, 2.75) is 19.3 Å². The fourth-order valence-electron chi connectivity index (χ4n) is 0.984. The second-order valence-electron chi connectivity index (χ2n) is 3.34. The molecule has 1 rings (SSSR count). The Labute approximate surface area is 103 Å². The van der Waals surface area contributed by atoms with Gasteiger partial charge in [0.05, 0.1) is 19.3 Å². The van der Waals surface area contributed by atoms with Crippen LogP contribution >= 0.6 is 0 Å². The van der Waals surface area contributed by atoms with Crippen molar-refractivity contribution in [3.63, 3.8) is 0 Å². The van der Waals surface area contributed by atoms with Gasteiger partial charge in [0, 0.05) is 0 Å². The van der Waals surface area contributed by atoms with E-state index < -0.39 is 17.9 Å². The summed E-state index contributed by atoms with van der Waals surface area (Å²) in [6, 6.07) is 9.13. The van der Waals surface area contributed by atoms with Gasteiger partial charge in [0.25, 0.3) is 0 Å². The van der Waals surface area contributed by atoms with E-state index in [9.17, 15) is 14.4 Å². The first-order valence-corrected chi connectivity index (χ1v) is 5.11. The zero-order valence-corrected chi connectivity index (χ0v) is 9.57. The fourth-order valence-corrected chi connectivity index (χ4v) is 0.984. The largest absolute Gasteiger partial charge is 0.481 e. The van der Waals surface area contributed by atoms with Gasteiger partial charge in [0.1, 0.15) is 0 Å². The molecule has 0 saturated heterocycles. The Balaban J connectivity index is 0.000000331. The van der Waals surface area contributed by atoms with Crippen LogP contribution in [0.15, 0.2) is 30.3 Å². The standard InChI is InChI=1S/C8H8O2.C4H6O4/c9-8(10)6-7-4-2-1-3-5-7;5-3(6)1-2-4(7)8/h1-5H,6H2,(H,9,10);1-2H2,(H,5,6)(H,7,8). The van der Waals surface area contributed by atoms with Crippen molar-refractivity contribution in [3.05, 3.63) is 35.9 Å². The van der Waals surface area contributed by atoms with Crippen molar-refractivity contribution in [1.82, 2.24) is 0 Å². The van der Waals surface area contributed by atoms with E-state index >= 15 is 0 Å². The van der Waals surface area contributed by atoms with E-state index in [0.717, 1.165) is 5.56 Å². The number of aliphatic carboxylic acids is 3. The molecule has 0 fully saturated rings. The Hall–Kier alpha value is -2.37. The number of hydrogen-bond donors (Lipinski definition) is 3. The molecule has 3 N–H and O–H groups in total. The quantitative estimate of drug-likeness (QED) is 0.729. The highest BCUT2D eigenvalue weighted by Crippen LogP contribution is 1.98. The van der Waals surface area contributed by atoms with Gasteiger partial charge >= 0.3 is 17.9 Å². The maximum atomic E-state index is 10.2. The SMILES string of the molecule is O=C(O)CCC(=O)O.O=C(O)Cc1ccccc1. The number of hydrogen-bond acceptors (Lipinski definition) is 3. The summed E-state index contributed by atoms with van der Waals surface area (Å²) >= 11 is 0. The van der Waals surface area contributed by atoms with E-state index in [-0.39, 0.29) is 19.3 Å². The van der Waals surface area contributed by atoms with Gasteiger partial charge < -0.3 is 15.3 Å². The number of carboxylic acid groups (broad SMARTS) is 3. The molecule has 0 amide bonds. The van der Waals surface area contributed by atoms with Gasteiger partial charge in [-0.25, -0.2) is 0 Å². The Bertz CT molecular complexity index is 384. The van der Waals surface area contributed by atoms with Gasteiger partial charge in [-0.2, -0.15) is 0 Å². The van der Waals surface area contributed by atoms with Crippen LogP contribution in [0.3, 0.4) is 0 Å². The molecule has 0 aliphatic rings. The zero-order chi connectivity index (χ0) is 14.0. The van der Waals surface area contributed by atoms with Crippen molar-refractivity contribution in [2.75, 3.05) is 0 Å². The first-order chi connectivity index (χ1) is 8.41. The Morgan fingerprint density at radius 1 is 0.778 bits per heavy atom. The minimum atomic E-state index is -1.08. The first kappa shape index (κ1) is 15.6. The van der Waals surface area contributed by atoms with Crippen LogP contribution in [-0.2, 0) is 20.8 Å². The normalized spacial score (nSPS) is 8.89. The molecule has 0 radical (unpaired) electrons. The predicted molar refractivity (Wildman–Crippen MR) is 62.3 cm³/mol. The van der Waals surface area contributed by atoms with Gasteiger partial charge in [-0.15, -0.1) is 0 Å². The second kappa shape index (κ2) is 8.74.